The molecule has 0 aliphatic carbocycles. The third-order valence-electron chi connectivity index (χ3n) is 2.91. The Morgan fingerprint density at radius 1 is 1.17 bits per heavy atom. The fourth-order valence-corrected chi connectivity index (χ4v) is 3.67. The zero-order chi connectivity index (χ0) is 13.8. The van der Waals surface area contributed by atoms with Crippen molar-refractivity contribution in [1.29, 1.82) is 0 Å². The Balaban J connectivity index is 3.11. The van der Waals surface area contributed by atoms with E-state index in [0.29, 0.717) is 17.1 Å². The Labute approximate surface area is 118 Å². The third-order valence-corrected chi connectivity index (χ3v) is 5.29. The zero-order valence-corrected chi connectivity index (χ0v) is 13.4. The van der Waals surface area contributed by atoms with Crippen molar-refractivity contribution in [3.05, 3.63) is 23.3 Å². The second-order valence-electron chi connectivity index (χ2n) is 4.30. The summed E-state index contributed by atoms with van der Waals surface area (Å²) in [6.07, 6.45) is 1.51. The van der Waals surface area contributed by atoms with Crippen molar-refractivity contribution < 1.29 is 13.2 Å². The van der Waals surface area contributed by atoms with Gasteiger partial charge in [-0.05, 0) is 49.9 Å². The lowest BCUT2D eigenvalue weighted by atomic mass is 10.1. The monoisotopic (exact) mass is 334 g/mol. The van der Waals surface area contributed by atoms with E-state index in [1.54, 1.807) is 12.1 Å². The van der Waals surface area contributed by atoms with E-state index < -0.39 is 9.84 Å². The first-order valence-electron chi connectivity index (χ1n) is 5.86. The van der Waals surface area contributed by atoms with Gasteiger partial charge in [-0.25, -0.2) is 8.42 Å². The van der Waals surface area contributed by atoms with E-state index in [1.807, 2.05) is 13.8 Å². The number of sulfone groups is 1. The van der Waals surface area contributed by atoms with Crippen LogP contribution in [0, 0.1) is 13.8 Å². The van der Waals surface area contributed by atoms with E-state index in [0.717, 1.165) is 22.9 Å². The largest absolute Gasteiger partial charge is 0.495 e. The molecule has 0 bridgehead atoms. The van der Waals surface area contributed by atoms with E-state index in [9.17, 15) is 8.42 Å². The van der Waals surface area contributed by atoms with Gasteiger partial charge in [0.1, 0.15) is 10.6 Å². The van der Waals surface area contributed by atoms with Crippen LogP contribution < -0.4 is 4.74 Å². The minimum atomic E-state index is -3.26. The van der Waals surface area contributed by atoms with Crippen LogP contribution in [0.15, 0.2) is 17.0 Å². The van der Waals surface area contributed by atoms with Gasteiger partial charge in [0.15, 0.2) is 9.84 Å². The summed E-state index contributed by atoms with van der Waals surface area (Å²) >= 11 is 3.30. The quantitative estimate of drug-likeness (QED) is 0.592. The molecule has 18 heavy (non-hydrogen) atoms. The molecule has 0 saturated heterocycles. The second-order valence-corrected chi connectivity index (χ2v) is 7.17. The van der Waals surface area contributed by atoms with Crippen molar-refractivity contribution in [1.82, 2.24) is 0 Å². The molecule has 0 unspecified atom stereocenters. The van der Waals surface area contributed by atoms with E-state index in [4.69, 9.17) is 4.74 Å². The summed E-state index contributed by atoms with van der Waals surface area (Å²) in [5.74, 6) is 0.606. The van der Waals surface area contributed by atoms with Gasteiger partial charge in [-0.1, -0.05) is 15.9 Å². The van der Waals surface area contributed by atoms with Crippen LogP contribution in [0.2, 0.25) is 0 Å². The van der Waals surface area contributed by atoms with Crippen molar-refractivity contribution in [2.75, 3.05) is 18.2 Å². The number of halogens is 1. The normalized spacial score (nSPS) is 11.6. The Hall–Kier alpha value is -0.550. The number of alkyl halides is 1. The van der Waals surface area contributed by atoms with Gasteiger partial charge in [0.05, 0.1) is 12.9 Å². The van der Waals surface area contributed by atoms with Crippen molar-refractivity contribution in [2.45, 2.75) is 31.6 Å². The van der Waals surface area contributed by atoms with Crippen LogP contribution in [0.1, 0.15) is 24.0 Å². The first-order valence-corrected chi connectivity index (χ1v) is 8.63. The van der Waals surface area contributed by atoms with Gasteiger partial charge in [-0.2, -0.15) is 0 Å². The molecule has 102 valence electrons. The van der Waals surface area contributed by atoms with Crippen LogP contribution in [-0.2, 0) is 9.84 Å². The Kier molecular flexibility index (Phi) is 5.66. The number of hydrogen-bond acceptors (Lipinski definition) is 3. The molecular weight excluding hydrogens is 316 g/mol. The number of benzene rings is 1. The smallest absolute Gasteiger partial charge is 0.182 e. The van der Waals surface area contributed by atoms with Crippen LogP contribution in [0.25, 0.3) is 0 Å². The minimum absolute atomic E-state index is 0.164. The average Bonchev–Trinajstić information content (AvgIpc) is 2.32. The summed E-state index contributed by atoms with van der Waals surface area (Å²) in [6.45, 7) is 3.85. The maximum Gasteiger partial charge on any atom is 0.182 e. The molecular formula is C13H19BrO3S. The molecule has 3 nitrogen and oxygen atoms in total. The summed E-state index contributed by atoms with van der Waals surface area (Å²) in [5.41, 5.74) is 2.00. The number of hydrogen-bond donors (Lipinski definition) is 0. The second kappa shape index (κ2) is 6.57. The number of unbranched alkanes of at least 4 members (excludes halogenated alkanes) is 1. The van der Waals surface area contributed by atoms with Gasteiger partial charge >= 0.3 is 0 Å². The molecule has 1 rings (SSSR count). The number of aryl methyl sites for hydroxylation is 2. The predicted molar refractivity (Wildman–Crippen MR) is 77.5 cm³/mol. The molecule has 0 aromatic heterocycles. The van der Waals surface area contributed by atoms with E-state index in [-0.39, 0.29) is 5.75 Å². The summed E-state index contributed by atoms with van der Waals surface area (Å²) in [4.78, 5) is 0.308. The van der Waals surface area contributed by atoms with E-state index in [2.05, 4.69) is 15.9 Å². The lowest BCUT2D eigenvalue weighted by Crippen LogP contribution is -2.09. The fourth-order valence-electron chi connectivity index (χ4n) is 1.66. The molecule has 0 heterocycles. The van der Waals surface area contributed by atoms with Crippen molar-refractivity contribution >= 4 is 25.8 Å². The summed E-state index contributed by atoms with van der Waals surface area (Å²) < 4.78 is 29.7. The van der Waals surface area contributed by atoms with Gasteiger partial charge in [-0.15, -0.1) is 0 Å². The lowest BCUT2D eigenvalue weighted by Gasteiger charge is -2.12. The molecule has 0 saturated carbocycles. The SMILES string of the molecule is COc1cc(C)c(C)cc1S(=O)(=O)CCCCBr. The van der Waals surface area contributed by atoms with Gasteiger partial charge < -0.3 is 4.74 Å². The van der Waals surface area contributed by atoms with Crippen LogP contribution in [0.5, 0.6) is 5.75 Å². The van der Waals surface area contributed by atoms with Crippen LogP contribution in [0.3, 0.4) is 0 Å². The average molecular weight is 335 g/mol. The first-order chi connectivity index (χ1) is 8.42. The van der Waals surface area contributed by atoms with Crippen LogP contribution in [-0.4, -0.2) is 26.6 Å². The zero-order valence-electron chi connectivity index (χ0n) is 11.0. The Bertz CT molecular complexity index is 509. The van der Waals surface area contributed by atoms with Crippen LogP contribution >= 0.6 is 15.9 Å². The number of rotatable bonds is 6. The highest BCUT2D eigenvalue weighted by molar-refractivity contribution is 9.09. The highest BCUT2D eigenvalue weighted by Gasteiger charge is 2.20. The fraction of sp³-hybridized carbons (Fsp3) is 0.538. The van der Waals surface area contributed by atoms with Gasteiger partial charge in [0.25, 0.3) is 0 Å². The standard InChI is InChI=1S/C13H19BrO3S/c1-10-8-12(17-3)13(9-11(10)2)18(15,16)7-5-4-6-14/h8-9H,4-7H2,1-3H3. The predicted octanol–water partition coefficient (Wildman–Crippen LogP) is 3.26. The maximum absolute atomic E-state index is 12.3. The summed E-state index contributed by atoms with van der Waals surface area (Å²) in [6, 6.07) is 3.49. The summed E-state index contributed by atoms with van der Waals surface area (Å²) in [7, 11) is -1.76. The molecule has 1 aromatic rings. The third kappa shape index (κ3) is 3.72. The van der Waals surface area contributed by atoms with Gasteiger partial charge in [0.2, 0.25) is 0 Å². The van der Waals surface area contributed by atoms with Gasteiger partial charge in [0, 0.05) is 5.33 Å². The molecule has 0 spiro atoms. The highest BCUT2D eigenvalue weighted by atomic mass is 79.9. The van der Waals surface area contributed by atoms with Crippen molar-refractivity contribution in [3.8, 4) is 5.75 Å². The maximum atomic E-state index is 12.3. The number of methoxy groups -OCH3 is 1. The van der Waals surface area contributed by atoms with Crippen molar-refractivity contribution in [2.24, 2.45) is 0 Å². The van der Waals surface area contributed by atoms with E-state index in [1.165, 1.54) is 7.11 Å². The molecule has 5 heteroatoms. The lowest BCUT2D eigenvalue weighted by molar-refractivity contribution is 0.402. The topological polar surface area (TPSA) is 43.4 Å². The Morgan fingerprint density at radius 3 is 2.33 bits per heavy atom. The van der Waals surface area contributed by atoms with E-state index >= 15 is 0 Å². The van der Waals surface area contributed by atoms with Crippen molar-refractivity contribution in [3.63, 3.8) is 0 Å². The number of ether oxygens (including phenoxy) is 1. The molecule has 1 aromatic carbocycles. The Morgan fingerprint density at radius 2 is 1.78 bits per heavy atom. The first kappa shape index (κ1) is 15.5. The molecule has 0 aliphatic rings. The summed E-state index contributed by atoms with van der Waals surface area (Å²) in [5, 5.41) is 0.826. The highest BCUT2D eigenvalue weighted by Crippen LogP contribution is 2.28. The van der Waals surface area contributed by atoms with Gasteiger partial charge in [-0.3, -0.25) is 0 Å². The molecule has 0 N–H and O–H groups in total. The van der Waals surface area contributed by atoms with Crippen LogP contribution in [0.4, 0.5) is 0 Å². The molecule has 0 amide bonds. The molecule has 0 aliphatic heterocycles. The molecule has 0 radical (unpaired) electrons. The molecule has 0 fully saturated rings. The molecule has 0 atom stereocenters. The minimum Gasteiger partial charge on any atom is -0.495 e.